The van der Waals surface area contributed by atoms with E-state index in [1.807, 2.05) is 19.9 Å². The molecule has 0 aliphatic carbocycles. The average molecular weight is 105 g/mol. The molecule has 1 heteroatoms. The van der Waals surface area contributed by atoms with E-state index in [1.54, 1.807) is 0 Å². The summed E-state index contributed by atoms with van der Waals surface area (Å²) in [6.45, 7) is 3.96. The molecule has 8 heavy (non-hydrogen) atoms. The minimum atomic E-state index is 1.03. The van der Waals surface area contributed by atoms with Crippen molar-refractivity contribution in [2.45, 2.75) is 13.8 Å². The fraction of sp³-hybridized carbons (Fsp3) is 0.286. The zero-order valence-corrected chi connectivity index (χ0v) is 5.02. The molecule has 0 unspecified atom stereocenters. The molecule has 40 valence electrons. The molecule has 1 aromatic heterocycles. The SMILES string of the molecule is Cc1cc#cnc1C. The molecule has 0 N–H and O–H groups in total. The topological polar surface area (TPSA) is 12.9 Å². The largest absolute Gasteiger partial charge is 0.202 e. The van der Waals surface area contributed by atoms with Crippen molar-refractivity contribution in [3.63, 3.8) is 0 Å². The minimum absolute atomic E-state index is 1.03. The van der Waals surface area contributed by atoms with Crippen LogP contribution in [0.5, 0.6) is 0 Å². The maximum absolute atomic E-state index is 3.90. The molecule has 1 aromatic rings. The third-order valence-corrected chi connectivity index (χ3v) is 1.15. The molecule has 0 aliphatic heterocycles. The van der Waals surface area contributed by atoms with Crippen molar-refractivity contribution < 1.29 is 0 Å². The number of nitrogens with zero attached hydrogens (tertiary/aromatic N) is 1. The van der Waals surface area contributed by atoms with Gasteiger partial charge >= 0.3 is 0 Å². The molecule has 1 heterocycles. The summed E-state index contributed by atoms with van der Waals surface area (Å²) in [6, 6.07) is 4.64. The van der Waals surface area contributed by atoms with Gasteiger partial charge in [0.1, 0.15) is 0 Å². The van der Waals surface area contributed by atoms with Crippen LogP contribution < -0.4 is 0 Å². The third-order valence-electron chi connectivity index (χ3n) is 1.15. The first-order valence-corrected chi connectivity index (χ1v) is 2.52. The molecule has 1 nitrogen and oxygen atoms in total. The van der Waals surface area contributed by atoms with Crippen LogP contribution in [-0.2, 0) is 0 Å². The van der Waals surface area contributed by atoms with Gasteiger partial charge in [-0.1, -0.05) is 0 Å². The van der Waals surface area contributed by atoms with Gasteiger partial charge in [-0.25, -0.2) is 4.98 Å². The van der Waals surface area contributed by atoms with Gasteiger partial charge in [0.15, 0.2) is 0 Å². The first kappa shape index (κ1) is 5.11. The van der Waals surface area contributed by atoms with Crippen LogP contribution >= 0.6 is 0 Å². The Morgan fingerprint density at radius 3 is 2.62 bits per heavy atom. The van der Waals surface area contributed by atoms with Crippen LogP contribution in [0.2, 0.25) is 0 Å². The molecule has 0 fully saturated rings. The summed E-state index contributed by atoms with van der Waals surface area (Å²) in [4.78, 5) is 3.90. The molecule has 0 saturated carbocycles. The smallest absolute Gasteiger partial charge is 0.0515 e. The van der Waals surface area contributed by atoms with Crippen molar-refractivity contribution in [1.82, 2.24) is 4.98 Å². The summed E-state index contributed by atoms with van der Waals surface area (Å²) in [5.74, 6) is 0. The molecular formula is C7H7N. The van der Waals surface area contributed by atoms with E-state index in [0.29, 0.717) is 0 Å². The van der Waals surface area contributed by atoms with Gasteiger partial charge in [0.05, 0.1) is 5.69 Å². The van der Waals surface area contributed by atoms with Crippen molar-refractivity contribution in [2.75, 3.05) is 0 Å². The van der Waals surface area contributed by atoms with Gasteiger partial charge in [0.25, 0.3) is 0 Å². The first-order chi connectivity index (χ1) is 3.80. The van der Waals surface area contributed by atoms with Crippen molar-refractivity contribution in [2.24, 2.45) is 0 Å². The number of aryl methyl sites for hydroxylation is 2. The van der Waals surface area contributed by atoms with E-state index < -0.39 is 0 Å². The van der Waals surface area contributed by atoms with Crippen LogP contribution in [0, 0.1) is 26.1 Å². The average Bonchev–Trinajstić information content (AvgIpc) is 1.77. The van der Waals surface area contributed by atoms with Gasteiger partial charge in [0, 0.05) is 6.20 Å². The zero-order chi connectivity index (χ0) is 5.98. The monoisotopic (exact) mass is 105 g/mol. The highest BCUT2D eigenvalue weighted by Gasteiger charge is 1.84. The quantitative estimate of drug-likeness (QED) is 0.484. The molecular weight excluding hydrogens is 98.1 g/mol. The first-order valence-electron chi connectivity index (χ1n) is 2.52. The zero-order valence-electron chi connectivity index (χ0n) is 5.02. The lowest BCUT2D eigenvalue weighted by Crippen LogP contribution is -1.79. The van der Waals surface area contributed by atoms with E-state index in [4.69, 9.17) is 0 Å². The Kier molecular flexibility index (Phi) is 1.17. The Morgan fingerprint density at radius 1 is 1.50 bits per heavy atom. The summed E-state index contributed by atoms with van der Waals surface area (Å²) in [5, 5.41) is 0. The lowest BCUT2D eigenvalue weighted by molar-refractivity contribution is 1.16. The summed E-state index contributed by atoms with van der Waals surface area (Å²) in [7, 11) is 0. The normalized spacial score (nSPS) is 8.25. The number of hydrogen-bond donors (Lipinski definition) is 0. The van der Waals surface area contributed by atoms with Gasteiger partial charge in [0.2, 0.25) is 0 Å². The number of hydrogen-bond acceptors (Lipinski definition) is 1. The maximum Gasteiger partial charge on any atom is 0.0515 e. The molecule has 0 spiro atoms. The lowest BCUT2D eigenvalue weighted by atomic mass is 10.2. The fourth-order valence-corrected chi connectivity index (χ4v) is 0.449. The highest BCUT2D eigenvalue weighted by atomic mass is 14.6. The van der Waals surface area contributed by atoms with Crippen LogP contribution in [0.25, 0.3) is 0 Å². The van der Waals surface area contributed by atoms with E-state index in [9.17, 15) is 0 Å². The van der Waals surface area contributed by atoms with Crippen LogP contribution in [0.3, 0.4) is 0 Å². The molecule has 0 aromatic carbocycles. The Balaban J connectivity index is 3.13. The van der Waals surface area contributed by atoms with Crippen LogP contribution in [0.15, 0.2) is 6.07 Å². The molecule has 0 amide bonds. The summed E-state index contributed by atoms with van der Waals surface area (Å²) in [6.07, 6.45) is 2.63. The Bertz CT molecular complexity index is 160. The van der Waals surface area contributed by atoms with E-state index in [1.165, 1.54) is 5.56 Å². The second-order valence-corrected chi connectivity index (χ2v) is 1.78. The highest BCUT2D eigenvalue weighted by molar-refractivity contribution is 5.12. The number of aromatic nitrogens is 1. The molecule has 0 bridgehead atoms. The van der Waals surface area contributed by atoms with Crippen LogP contribution in [-0.4, -0.2) is 4.98 Å². The fourth-order valence-electron chi connectivity index (χ4n) is 0.449. The van der Waals surface area contributed by atoms with E-state index in [2.05, 4.69) is 17.2 Å². The lowest BCUT2D eigenvalue weighted by Gasteiger charge is -1.87. The standard InChI is InChI=1S/C7H7N/c1-6-4-3-5-8-7(6)2/h4H,1-2H3. The minimum Gasteiger partial charge on any atom is -0.202 e. The number of rotatable bonds is 0. The molecule has 0 aliphatic rings. The van der Waals surface area contributed by atoms with E-state index >= 15 is 0 Å². The van der Waals surface area contributed by atoms with E-state index in [-0.39, 0.29) is 0 Å². The maximum atomic E-state index is 3.90. The van der Waals surface area contributed by atoms with Gasteiger partial charge in [-0.05, 0) is 31.5 Å². The Labute approximate surface area is 49.4 Å². The van der Waals surface area contributed by atoms with Crippen molar-refractivity contribution in [1.29, 1.82) is 0 Å². The van der Waals surface area contributed by atoms with Crippen molar-refractivity contribution in [3.8, 4) is 0 Å². The summed E-state index contributed by atoms with van der Waals surface area (Å²) in [5.41, 5.74) is 2.20. The molecule has 0 saturated heterocycles. The van der Waals surface area contributed by atoms with Gasteiger partial charge in [-0.2, -0.15) is 0 Å². The predicted molar refractivity (Wildman–Crippen MR) is 31.4 cm³/mol. The van der Waals surface area contributed by atoms with Gasteiger partial charge < -0.3 is 0 Å². The molecule has 0 radical (unpaired) electrons. The van der Waals surface area contributed by atoms with Crippen molar-refractivity contribution >= 4 is 0 Å². The van der Waals surface area contributed by atoms with Gasteiger partial charge in [-0.15, -0.1) is 0 Å². The van der Waals surface area contributed by atoms with Crippen LogP contribution in [0.1, 0.15) is 11.3 Å². The summed E-state index contributed by atoms with van der Waals surface area (Å²) >= 11 is 0. The Hall–Kier alpha value is -1.03. The van der Waals surface area contributed by atoms with Crippen molar-refractivity contribution in [3.05, 3.63) is 29.6 Å². The van der Waals surface area contributed by atoms with Gasteiger partial charge in [-0.3, -0.25) is 0 Å². The third kappa shape index (κ3) is 0.788. The highest BCUT2D eigenvalue weighted by Crippen LogP contribution is 1.95. The predicted octanol–water partition coefficient (Wildman–Crippen LogP) is 1.30. The second kappa shape index (κ2) is 1.83. The van der Waals surface area contributed by atoms with E-state index in [0.717, 1.165) is 5.69 Å². The van der Waals surface area contributed by atoms with Crippen LogP contribution in [0.4, 0.5) is 0 Å². The summed E-state index contributed by atoms with van der Waals surface area (Å²) < 4.78 is 0. The second-order valence-electron chi connectivity index (χ2n) is 1.78. The molecule has 0 atom stereocenters. The Morgan fingerprint density at radius 2 is 2.25 bits per heavy atom. The molecule has 1 rings (SSSR count).